The van der Waals surface area contributed by atoms with Crippen LogP contribution in [0.15, 0.2) is 70.0 Å². The molecule has 1 saturated heterocycles. The van der Waals surface area contributed by atoms with Crippen LogP contribution in [0.1, 0.15) is 5.56 Å². The van der Waals surface area contributed by atoms with Gasteiger partial charge < -0.3 is 9.47 Å². The normalized spacial score (nSPS) is 16.6. The van der Waals surface area contributed by atoms with Gasteiger partial charge in [-0.1, -0.05) is 30.3 Å². The van der Waals surface area contributed by atoms with Crippen molar-refractivity contribution in [1.82, 2.24) is 4.98 Å². The average molecular weight is 424 g/mol. The van der Waals surface area contributed by atoms with Crippen LogP contribution in [0.4, 0.5) is 10.8 Å². The van der Waals surface area contributed by atoms with Gasteiger partial charge in [0.05, 0.1) is 24.8 Å². The van der Waals surface area contributed by atoms with Gasteiger partial charge in [-0.3, -0.25) is 9.69 Å². The summed E-state index contributed by atoms with van der Waals surface area (Å²) >= 11 is 2.72. The number of methoxy groups -OCH3 is 2. The average Bonchev–Trinajstić information content (AvgIpc) is 3.37. The Kier molecular flexibility index (Phi) is 5.64. The van der Waals surface area contributed by atoms with Crippen molar-refractivity contribution in [2.24, 2.45) is 4.99 Å². The summed E-state index contributed by atoms with van der Waals surface area (Å²) < 4.78 is 10.9. The lowest BCUT2D eigenvalue weighted by atomic mass is 10.1. The molecular formula is C21H17N3O3S2. The van der Waals surface area contributed by atoms with E-state index in [2.05, 4.69) is 9.98 Å². The lowest BCUT2D eigenvalue weighted by Gasteiger charge is -2.15. The number of carbonyl (C=O) groups excluding carboxylic acids is 1. The van der Waals surface area contributed by atoms with Gasteiger partial charge in [0.1, 0.15) is 0 Å². The summed E-state index contributed by atoms with van der Waals surface area (Å²) in [6.45, 7) is 0. The number of nitrogens with zero attached hydrogens (tertiary/aromatic N) is 3. The quantitative estimate of drug-likeness (QED) is 0.542. The van der Waals surface area contributed by atoms with Crippen molar-refractivity contribution < 1.29 is 14.3 Å². The molecule has 0 unspecified atom stereocenters. The fourth-order valence-electron chi connectivity index (χ4n) is 2.87. The van der Waals surface area contributed by atoms with Gasteiger partial charge in [-0.25, -0.2) is 4.98 Å². The van der Waals surface area contributed by atoms with E-state index >= 15 is 0 Å². The van der Waals surface area contributed by atoms with Gasteiger partial charge in [0.2, 0.25) is 5.13 Å². The summed E-state index contributed by atoms with van der Waals surface area (Å²) in [5.74, 6) is 1.03. The number of thioether (sulfide) groups is 1. The molecule has 2 aromatic carbocycles. The van der Waals surface area contributed by atoms with Gasteiger partial charge in [0.15, 0.2) is 16.7 Å². The first kappa shape index (κ1) is 19.2. The summed E-state index contributed by atoms with van der Waals surface area (Å²) in [4.78, 5) is 24.2. The predicted octanol–water partition coefficient (Wildman–Crippen LogP) is 4.97. The highest BCUT2D eigenvalue weighted by molar-refractivity contribution is 8.19. The fourth-order valence-corrected chi connectivity index (χ4v) is 4.41. The number of aromatic nitrogens is 1. The largest absolute Gasteiger partial charge is 0.493 e. The maximum absolute atomic E-state index is 13.3. The van der Waals surface area contributed by atoms with Crippen molar-refractivity contribution in [3.63, 3.8) is 0 Å². The molecule has 1 aliphatic heterocycles. The number of benzene rings is 2. The van der Waals surface area contributed by atoms with E-state index in [1.165, 1.54) is 23.1 Å². The van der Waals surface area contributed by atoms with Crippen LogP contribution in [0.5, 0.6) is 11.5 Å². The van der Waals surface area contributed by atoms with E-state index in [4.69, 9.17) is 9.47 Å². The first-order chi connectivity index (χ1) is 14.2. The first-order valence-electron chi connectivity index (χ1n) is 8.69. The van der Waals surface area contributed by atoms with Gasteiger partial charge in [-0.05, 0) is 36.0 Å². The summed E-state index contributed by atoms with van der Waals surface area (Å²) in [5, 5.41) is 3.01. The molecule has 1 fully saturated rings. The molecule has 3 aromatic rings. The van der Waals surface area contributed by atoms with Crippen LogP contribution >= 0.6 is 23.1 Å². The van der Waals surface area contributed by atoms with E-state index in [9.17, 15) is 4.79 Å². The third kappa shape index (κ3) is 3.90. The number of hydrogen-bond donors (Lipinski definition) is 0. The minimum atomic E-state index is -0.152. The lowest BCUT2D eigenvalue weighted by Crippen LogP contribution is -2.28. The molecule has 1 amide bonds. The third-order valence-corrected chi connectivity index (χ3v) is 5.79. The number of para-hydroxylation sites is 2. The number of rotatable bonds is 5. The molecule has 0 N–H and O–H groups in total. The second-order valence-corrected chi connectivity index (χ2v) is 7.76. The van der Waals surface area contributed by atoms with E-state index in [-0.39, 0.29) is 5.91 Å². The number of amides is 1. The maximum atomic E-state index is 13.3. The Morgan fingerprint density at radius 1 is 1.07 bits per heavy atom. The Morgan fingerprint density at radius 3 is 2.59 bits per heavy atom. The van der Waals surface area contributed by atoms with Crippen LogP contribution in [0, 0.1) is 0 Å². The van der Waals surface area contributed by atoms with Crippen molar-refractivity contribution >= 4 is 51.1 Å². The summed E-state index contributed by atoms with van der Waals surface area (Å²) in [6, 6.07) is 15.0. The number of aliphatic imine (C=N–C) groups is 1. The topological polar surface area (TPSA) is 64.0 Å². The molecule has 2 heterocycles. The standard InChI is InChI=1S/C21H17N3O3S2/c1-26-16-10-6-7-14(18(16)27-2)13-17-19(25)24(15-8-4-3-5-9-15)21(29-17)23-20-22-11-12-28-20/h3-13H,1-2H3/b17-13-,23-21+. The van der Waals surface area contributed by atoms with Gasteiger partial charge in [-0.15, -0.1) is 11.3 Å². The highest BCUT2D eigenvalue weighted by atomic mass is 32.2. The van der Waals surface area contributed by atoms with Crippen molar-refractivity contribution in [2.45, 2.75) is 0 Å². The Morgan fingerprint density at radius 2 is 1.90 bits per heavy atom. The monoisotopic (exact) mass is 423 g/mol. The number of carbonyl (C=O) groups is 1. The van der Waals surface area contributed by atoms with E-state index in [1.807, 2.05) is 53.9 Å². The molecule has 0 saturated carbocycles. The fraction of sp³-hybridized carbons (Fsp3) is 0.0952. The van der Waals surface area contributed by atoms with Crippen LogP contribution in [0.2, 0.25) is 0 Å². The Balaban J connectivity index is 1.79. The zero-order valence-electron chi connectivity index (χ0n) is 15.7. The van der Waals surface area contributed by atoms with Crippen molar-refractivity contribution in [3.05, 3.63) is 70.6 Å². The summed E-state index contributed by atoms with van der Waals surface area (Å²) in [6.07, 6.45) is 3.49. The van der Waals surface area contributed by atoms with E-state index in [1.54, 1.807) is 31.4 Å². The summed E-state index contributed by atoms with van der Waals surface area (Å²) in [5.41, 5.74) is 1.51. The van der Waals surface area contributed by atoms with Crippen LogP contribution < -0.4 is 14.4 Å². The molecule has 0 aliphatic carbocycles. The number of anilines is 1. The Labute approximate surface area is 176 Å². The van der Waals surface area contributed by atoms with Crippen LogP contribution in [-0.4, -0.2) is 30.3 Å². The number of amidine groups is 1. The Bertz CT molecular complexity index is 1080. The SMILES string of the molecule is COc1cccc(/C=C2\S/C(=N/c3nccs3)N(c3ccccc3)C2=O)c1OC. The number of ether oxygens (including phenoxy) is 2. The van der Waals surface area contributed by atoms with Crippen molar-refractivity contribution in [1.29, 1.82) is 0 Å². The molecule has 1 aromatic heterocycles. The van der Waals surface area contributed by atoms with Crippen molar-refractivity contribution in [2.75, 3.05) is 19.1 Å². The highest BCUT2D eigenvalue weighted by Crippen LogP contribution is 2.40. The molecule has 6 nitrogen and oxygen atoms in total. The second kappa shape index (κ2) is 8.50. The zero-order chi connectivity index (χ0) is 20.2. The van der Waals surface area contributed by atoms with E-state index < -0.39 is 0 Å². The molecule has 0 atom stereocenters. The number of thiazole rings is 1. The molecule has 0 spiro atoms. The van der Waals surface area contributed by atoms with Crippen molar-refractivity contribution in [3.8, 4) is 11.5 Å². The minimum absolute atomic E-state index is 0.152. The van der Waals surface area contributed by atoms with Gasteiger partial charge in [0.25, 0.3) is 5.91 Å². The molecule has 146 valence electrons. The number of hydrogen-bond acceptors (Lipinski definition) is 7. The van der Waals surface area contributed by atoms with Crippen LogP contribution in [0.3, 0.4) is 0 Å². The molecule has 0 radical (unpaired) electrons. The molecule has 0 bridgehead atoms. The molecule has 8 heteroatoms. The second-order valence-electron chi connectivity index (χ2n) is 5.88. The first-order valence-corrected chi connectivity index (χ1v) is 10.4. The molecular weight excluding hydrogens is 406 g/mol. The lowest BCUT2D eigenvalue weighted by molar-refractivity contribution is -0.113. The zero-order valence-corrected chi connectivity index (χ0v) is 17.4. The third-order valence-electron chi connectivity index (χ3n) is 4.15. The van der Waals surface area contributed by atoms with Crippen LogP contribution in [0.25, 0.3) is 6.08 Å². The predicted molar refractivity (Wildman–Crippen MR) is 118 cm³/mol. The van der Waals surface area contributed by atoms with Crippen LogP contribution in [-0.2, 0) is 4.79 Å². The molecule has 29 heavy (non-hydrogen) atoms. The molecule has 1 aliphatic rings. The van der Waals surface area contributed by atoms with E-state index in [0.717, 1.165) is 11.3 Å². The van der Waals surface area contributed by atoms with Gasteiger partial charge in [0, 0.05) is 17.1 Å². The maximum Gasteiger partial charge on any atom is 0.271 e. The van der Waals surface area contributed by atoms with Gasteiger partial charge >= 0.3 is 0 Å². The Hall–Kier alpha value is -3.10. The van der Waals surface area contributed by atoms with E-state index in [0.29, 0.717) is 26.7 Å². The summed E-state index contributed by atoms with van der Waals surface area (Å²) in [7, 11) is 3.16. The highest BCUT2D eigenvalue weighted by Gasteiger charge is 2.35. The smallest absolute Gasteiger partial charge is 0.271 e. The minimum Gasteiger partial charge on any atom is -0.493 e. The van der Waals surface area contributed by atoms with Gasteiger partial charge in [-0.2, -0.15) is 4.99 Å². The molecule has 4 rings (SSSR count).